The first-order valence-electron chi connectivity index (χ1n) is 8.96. The van der Waals surface area contributed by atoms with Crippen LogP contribution in [0.1, 0.15) is 41.0 Å². The van der Waals surface area contributed by atoms with Gasteiger partial charge in [-0.05, 0) is 48.4 Å². The standard InChI is InChI=1S/C21H21N3O3/c1-3-12-24-20(14-4-8-15(25)9-5-14)17-18(22-23-19(17)21(24)26)13-6-10-16(27-2)11-7-13/h4-11,20,25H,3,12H2,1-2H3,(H,22,23). The minimum atomic E-state index is -0.232. The zero-order chi connectivity index (χ0) is 19.0. The molecular formula is C21H21N3O3. The van der Waals surface area contributed by atoms with Crippen molar-refractivity contribution in [1.29, 1.82) is 0 Å². The summed E-state index contributed by atoms with van der Waals surface area (Å²) in [6.45, 7) is 2.70. The molecule has 1 amide bonds. The van der Waals surface area contributed by atoms with Gasteiger partial charge < -0.3 is 14.7 Å². The number of aromatic hydroxyl groups is 1. The Morgan fingerprint density at radius 1 is 1.15 bits per heavy atom. The molecule has 6 nitrogen and oxygen atoms in total. The lowest BCUT2D eigenvalue weighted by Crippen LogP contribution is -2.30. The summed E-state index contributed by atoms with van der Waals surface area (Å²) in [5.74, 6) is 0.926. The lowest BCUT2D eigenvalue weighted by atomic mass is 9.96. The van der Waals surface area contributed by atoms with Gasteiger partial charge in [0, 0.05) is 17.7 Å². The van der Waals surface area contributed by atoms with Crippen LogP contribution < -0.4 is 4.74 Å². The van der Waals surface area contributed by atoms with Crippen molar-refractivity contribution >= 4 is 5.91 Å². The smallest absolute Gasteiger partial charge is 0.273 e. The Labute approximate surface area is 157 Å². The van der Waals surface area contributed by atoms with Gasteiger partial charge in [0.25, 0.3) is 5.91 Å². The van der Waals surface area contributed by atoms with Crippen LogP contribution in [0.25, 0.3) is 11.3 Å². The molecule has 3 aromatic rings. The first kappa shape index (κ1) is 17.1. The summed E-state index contributed by atoms with van der Waals surface area (Å²) in [6, 6.07) is 14.4. The predicted octanol–water partition coefficient (Wildman–Crippen LogP) is 3.75. The van der Waals surface area contributed by atoms with Crippen molar-refractivity contribution in [3.05, 3.63) is 65.4 Å². The molecule has 1 aliphatic heterocycles. The summed E-state index contributed by atoms with van der Waals surface area (Å²) in [6.07, 6.45) is 0.857. The Balaban J connectivity index is 1.85. The molecule has 0 aliphatic carbocycles. The van der Waals surface area contributed by atoms with E-state index in [1.54, 1.807) is 19.2 Å². The first-order chi connectivity index (χ1) is 13.1. The van der Waals surface area contributed by atoms with E-state index in [1.807, 2.05) is 41.3 Å². The Hall–Kier alpha value is -3.28. The lowest BCUT2D eigenvalue weighted by Gasteiger charge is -2.26. The van der Waals surface area contributed by atoms with E-state index in [4.69, 9.17) is 4.74 Å². The number of amides is 1. The highest BCUT2D eigenvalue weighted by molar-refractivity contribution is 6.00. The normalized spacial score (nSPS) is 15.9. The highest BCUT2D eigenvalue weighted by Gasteiger charge is 2.41. The summed E-state index contributed by atoms with van der Waals surface area (Å²) in [5, 5.41) is 17.0. The van der Waals surface area contributed by atoms with Crippen LogP contribution in [0.3, 0.4) is 0 Å². The maximum atomic E-state index is 13.0. The van der Waals surface area contributed by atoms with Gasteiger partial charge >= 0.3 is 0 Å². The third-order valence-corrected chi connectivity index (χ3v) is 4.90. The number of hydrogen-bond acceptors (Lipinski definition) is 4. The second-order valence-electron chi connectivity index (χ2n) is 6.58. The van der Waals surface area contributed by atoms with Crippen LogP contribution in [-0.4, -0.2) is 39.8 Å². The van der Waals surface area contributed by atoms with E-state index in [-0.39, 0.29) is 17.7 Å². The predicted molar refractivity (Wildman–Crippen MR) is 102 cm³/mol. The van der Waals surface area contributed by atoms with Gasteiger partial charge in [0.2, 0.25) is 0 Å². The number of carbonyl (C=O) groups excluding carboxylic acids is 1. The largest absolute Gasteiger partial charge is 0.508 e. The van der Waals surface area contributed by atoms with Gasteiger partial charge in [0.1, 0.15) is 17.2 Å². The van der Waals surface area contributed by atoms with Gasteiger partial charge in [-0.2, -0.15) is 5.10 Å². The van der Waals surface area contributed by atoms with Crippen molar-refractivity contribution in [2.24, 2.45) is 0 Å². The second-order valence-corrected chi connectivity index (χ2v) is 6.58. The van der Waals surface area contributed by atoms with E-state index in [0.717, 1.165) is 34.6 Å². The van der Waals surface area contributed by atoms with Gasteiger partial charge in [-0.15, -0.1) is 0 Å². The molecule has 138 valence electrons. The van der Waals surface area contributed by atoms with Crippen LogP contribution >= 0.6 is 0 Å². The minimum absolute atomic E-state index is 0.0443. The SMILES string of the molecule is CCCN1C(=O)c2[nH]nc(-c3ccc(OC)cc3)c2C1c1ccc(O)cc1. The third kappa shape index (κ3) is 2.83. The van der Waals surface area contributed by atoms with E-state index in [1.165, 1.54) is 0 Å². The number of ether oxygens (including phenoxy) is 1. The summed E-state index contributed by atoms with van der Waals surface area (Å²) in [4.78, 5) is 14.8. The minimum Gasteiger partial charge on any atom is -0.508 e. The number of phenols is 1. The highest BCUT2D eigenvalue weighted by Crippen LogP contribution is 2.43. The number of hydrogen-bond donors (Lipinski definition) is 2. The van der Waals surface area contributed by atoms with Gasteiger partial charge in [0.05, 0.1) is 18.8 Å². The molecule has 2 N–H and O–H groups in total. The lowest BCUT2D eigenvalue weighted by molar-refractivity contribution is 0.0744. The topological polar surface area (TPSA) is 78.5 Å². The molecule has 2 heterocycles. The average Bonchev–Trinajstić information content (AvgIpc) is 3.23. The molecule has 0 fully saturated rings. The number of nitrogens with one attached hydrogen (secondary N) is 1. The summed E-state index contributed by atoms with van der Waals surface area (Å²) >= 11 is 0. The molecule has 0 spiro atoms. The number of aromatic nitrogens is 2. The number of H-pyrrole nitrogens is 1. The molecule has 0 bridgehead atoms. The molecule has 0 saturated heterocycles. The van der Waals surface area contributed by atoms with Crippen LogP contribution in [0.5, 0.6) is 11.5 Å². The number of carbonyl (C=O) groups is 1. The average molecular weight is 363 g/mol. The second kappa shape index (κ2) is 6.79. The summed E-state index contributed by atoms with van der Waals surface area (Å²) in [7, 11) is 1.63. The number of nitrogens with zero attached hydrogens (tertiary/aromatic N) is 2. The van der Waals surface area contributed by atoms with Crippen molar-refractivity contribution in [3.63, 3.8) is 0 Å². The number of phenolic OH excluding ortho intramolecular Hbond substituents is 1. The van der Waals surface area contributed by atoms with Gasteiger partial charge in [-0.3, -0.25) is 9.89 Å². The highest BCUT2D eigenvalue weighted by atomic mass is 16.5. The van der Waals surface area contributed by atoms with Crippen molar-refractivity contribution in [2.45, 2.75) is 19.4 Å². The molecule has 1 aromatic heterocycles. The van der Waals surface area contributed by atoms with Crippen LogP contribution in [0, 0.1) is 0 Å². The fourth-order valence-electron chi connectivity index (χ4n) is 3.64. The van der Waals surface area contributed by atoms with Crippen molar-refractivity contribution in [2.75, 3.05) is 13.7 Å². The maximum Gasteiger partial charge on any atom is 0.273 e. The van der Waals surface area contributed by atoms with E-state index in [0.29, 0.717) is 12.2 Å². The fraction of sp³-hybridized carbons (Fsp3) is 0.238. The fourth-order valence-corrected chi connectivity index (χ4v) is 3.64. The molecule has 27 heavy (non-hydrogen) atoms. The Morgan fingerprint density at radius 2 is 1.85 bits per heavy atom. The van der Waals surface area contributed by atoms with E-state index in [2.05, 4.69) is 17.1 Å². The quantitative estimate of drug-likeness (QED) is 0.724. The maximum absolute atomic E-state index is 13.0. The van der Waals surface area contributed by atoms with Crippen molar-refractivity contribution in [3.8, 4) is 22.8 Å². The molecule has 6 heteroatoms. The molecular weight excluding hydrogens is 342 g/mol. The summed E-state index contributed by atoms with van der Waals surface area (Å²) < 4.78 is 5.23. The molecule has 1 atom stereocenters. The number of methoxy groups -OCH3 is 1. The molecule has 2 aromatic carbocycles. The Bertz CT molecular complexity index is 961. The van der Waals surface area contributed by atoms with Crippen molar-refractivity contribution < 1.29 is 14.6 Å². The van der Waals surface area contributed by atoms with Crippen LogP contribution in [-0.2, 0) is 0 Å². The van der Waals surface area contributed by atoms with Crippen molar-refractivity contribution in [1.82, 2.24) is 15.1 Å². The van der Waals surface area contributed by atoms with Gasteiger partial charge in [-0.25, -0.2) is 0 Å². The zero-order valence-electron chi connectivity index (χ0n) is 15.3. The zero-order valence-corrected chi connectivity index (χ0v) is 15.3. The monoisotopic (exact) mass is 363 g/mol. The van der Waals surface area contributed by atoms with E-state index in [9.17, 15) is 9.90 Å². The summed E-state index contributed by atoms with van der Waals surface area (Å²) in [5.41, 5.74) is 4.04. The molecule has 0 saturated carbocycles. The molecule has 1 unspecified atom stereocenters. The third-order valence-electron chi connectivity index (χ3n) is 4.90. The number of aromatic amines is 1. The number of fused-ring (bicyclic) bond motifs is 1. The Kier molecular flexibility index (Phi) is 4.32. The molecule has 0 radical (unpaired) electrons. The van der Waals surface area contributed by atoms with E-state index < -0.39 is 0 Å². The molecule has 1 aliphatic rings. The number of benzene rings is 2. The Morgan fingerprint density at radius 3 is 2.48 bits per heavy atom. The van der Waals surface area contributed by atoms with E-state index >= 15 is 0 Å². The van der Waals surface area contributed by atoms with Gasteiger partial charge in [-0.1, -0.05) is 19.1 Å². The van der Waals surface area contributed by atoms with Crippen LogP contribution in [0.4, 0.5) is 0 Å². The van der Waals surface area contributed by atoms with Crippen LogP contribution in [0.2, 0.25) is 0 Å². The van der Waals surface area contributed by atoms with Crippen LogP contribution in [0.15, 0.2) is 48.5 Å². The van der Waals surface area contributed by atoms with Gasteiger partial charge in [0.15, 0.2) is 0 Å². The molecule has 4 rings (SSSR count). The number of rotatable bonds is 5. The first-order valence-corrected chi connectivity index (χ1v) is 8.96.